The molecule has 3 aromatic carbocycles. The SMILES string of the molecule is Cc1ccc(C(=O)c2nc3ccccc3n2CCCc2cccc(C(=O)NC3(C(=O)O)CCCC3)c2)cc1. The number of amides is 1. The van der Waals surface area contributed by atoms with E-state index in [-0.39, 0.29) is 11.7 Å². The minimum absolute atomic E-state index is 0.112. The number of carbonyl (C=O) groups is 3. The lowest BCUT2D eigenvalue weighted by Crippen LogP contribution is -2.52. The average Bonchev–Trinajstić information content (AvgIpc) is 3.55. The zero-order valence-corrected chi connectivity index (χ0v) is 21.4. The van der Waals surface area contributed by atoms with Crippen LogP contribution in [0.5, 0.6) is 0 Å². The van der Waals surface area contributed by atoms with Gasteiger partial charge in [0.2, 0.25) is 5.78 Å². The van der Waals surface area contributed by atoms with Crippen LogP contribution in [0.3, 0.4) is 0 Å². The van der Waals surface area contributed by atoms with Gasteiger partial charge in [0.1, 0.15) is 5.54 Å². The van der Waals surface area contributed by atoms with E-state index in [2.05, 4.69) is 10.3 Å². The van der Waals surface area contributed by atoms with Crippen molar-refractivity contribution in [2.45, 2.75) is 57.5 Å². The molecule has 5 rings (SSSR count). The lowest BCUT2D eigenvalue weighted by Gasteiger charge is -2.25. The predicted molar refractivity (Wildman–Crippen MR) is 145 cm³/mol. The van der Waals surface area contributed by atoms with Crippen molar-refractivity contribution in [3.63, 3.8) is 0 Å². The lowest BCUT2D eigenvalue weighted by atomic mass is 9.96. The minimum atomic E-state index is -1.17. The molecular formula is C31H31N3O4. The quantitative estimate of drug-likeness (QED) is 0.297. The molecule has 0 saturated heterocycles. The number of ketones is 1. The number of nitrogens with zero attached hydrogens (tertiary/aromatic N) is 2. The minimum Gasteiger partial charge on any atom is -0.480 e. The molecule has 0 aliphatic heterocycles. The molecule has 0 unspecified atom stereocenters. The second-order valence-electron chi connectivity index (χ2n) is 10.1. The van der Waals surface area contributed by atoms with E-state index in [1.807, 2.05) is 78.2 Å². The van der Waals surface area contributed by atoms with Crippen LogP contribution in [0, 0.1) is 6.92 Å². The fourth-order valence-electron chi connectivity index (χ4n) is 5.28. The number of carboxylic acids is 1. The summed E-state index contributed by atoms with van der Waals surface area (Å²) in [7, 11) is 0. The molecule has 0 atom stereocenters. The molecule has 1 amide bonds. The van der Waals surface area contributed by atoms with Crippen molar-refractivity contribution in [2.24, 2.45) is 0 Å². The Morgan fingerprint density at radius 1 is 0.947 bits per heavy atom. The van der Waals surface area contributed by atoms with Gasteiger partial charge in [-0.25, -0.2) is 9.78 Å². The highest BCUT2D eigenvalue weighted by atomic mass is 16.4. The molecule has 7 nitrogen and oxygen atoms in total. The first-order chi connectivity index (χ1) is 18.4. The molecule has 1 aromatic heterocycles. The number of nitrogens with one attached hydrogen (secondary N) is 1. The Labute approximate surface area is 221 Å². The topological polar surface area (TPSA) is 101 Å². The molecule has 1 saturated carbocycles. The molecule has 38 heavy (non-hydrogen) atoms. The fraction of sp³-hybridized carbons (Fsp3) is 0.290. The molecule has 0 bridgehead atoms. The molecule has 7 heteroatoms. The number of carbonyl (C=O) groups excluding carboxylic acids is 2. The maximum absolute atomic E-state index is 13.3. The van der Waals surface area contributed by atoms with Crippen molar-refractivity contribution in [1.29, 1.82) is 0 Å². The second-order valence-corrected chi connectivity index (χ2v) is 10.1. The van der Waals surface area contributed by atoms with Gasteiger partial charge in [-0.1, -0.05) is 66.9 Å². The number of imidazole rings is 1. The van der Waals surface area contributed by atoms with Crippen LogP contribution in [0.4, 0.5) is 0 Å². The first-order valence-corrected chi connectivity index (χ1v) is 13.1. The maximum atomic E-state index is 13.3. The van der Waals surface area contributed by atoms with Crippen molar-refractivity contribution >= 4 is 28.7 Å². The van der Waals surface area contributed by atoms with Crippen LogP contribution in [0.25, 0.3) is 11.0 Å². The highest BCUT2D eigenvalue weighted by molar-refractivity contribution is 6.08. The molecule has 1 aliphatic carbocycles. The van der Waals surface area contributed by atoms with E-state index < -0.39 is 11.5 Å². The van der Waals surface area contributed by atoms with Gasteiger partial charge < -0.3 is 15.0 Å². The van der Waals surface area contributed by atoms with Crippen LogP contribution in [0.1, 0.15) is 69.8 Å². The zero-order chi connectivity index (χ0) is 26.7. The monoisotopic (exact) mass is 509 g/mol. The molecule has 1 aliphatic rings. The Balaban J connectivity index is 1.31. The normalized spacial score (nSPS) is 14.4. The van der Waals surface area contributed by atoms with Crippen molar-refractivity contribution < 1.29 is 19.5 Å². The number of aliphatic carboxylic acids is 1. The Morgan fingerprint density at radius 3 is 2.42 bits per heavy atom. The first kappa shape index (κ1) is 25.4. The second kappa shape index (κ2) is 10.6. The molecule has 1 fully saturated rings. The Morgan fingerprint density at radius 2 is 1.68 bits per heavy atom. The number of hydrogen-bond acceptors (Lipinski definition) is 4. The highest BCUT2D eigenvalue weighted by Crippen LogP contribution is 2.30. The number of para-hydroxylation sites is 2. The van der Waals surface area contributed by atoms with Crippen LogP contribution in [0.2, 0.25) is 0 Å². The van der Waals surface area contributed by atoms with Crippen LogP contribution in [-0.4, -0.2) is 37.9 Å². The van der Waals surface area contributed by atoms with E-state index >= 15 is 0 Å². The summed E-state index contributed by atoms with van der Waals surface area (Å²) in [4.78, 5) is 42.8. The molecule has 4 aromatic rings. The van der Waals surface area contributed by atoms with Crippen molar-refractivity contribution in [3.05, 3.63) is 101 Å². The van der Waals surface area contributed by atoms with Crippen molar-refractivity contribution in [1.82, 2.24) is 14.9 Å². The van der Waals surface area contributed by atoms with Gasteiger partial charge >= 0.3 is 5.97 Å². The van der Waals surface area contributed by atoms with Crippen molar-refractivity contribution in [3.8, 4) is 0 Å². The Hall–Kier alpha value is -4.26. The summed E-state index contributed by atoms with van der Waals surface area (Å²) in [6.45, 7) is 2.58. The number of carboxylic acid groups (broad SMARTS) is 1. The summed E-state index contributed by atoms with van der Waals surface area (Å²) in [6, 6.07) is 22.6. The molecule has 194 valence electrons. The van der Waals surface area contributed by atoms with Gasteiger partial charge in [-0.3, -0.25) is 9.59 Å². The number of rotatable bonds is 9. The lowest BCUT2D eigenvalue weighted by molar-refractivity contribution is -0.144. The Bertz CT molecular complexity index is 1500. The van der Waals surface area contributed by atoms with Gasteiger partial charge in [0.25, 0.3) is 5.91 Å². The van der Waals surface area contributed by atoms with Gasteiger partial charge in [-0.2, -0.15) is 0 Å². The molecule has 0 spiro atoms. The summed E-state index contributed by atoms with van der Waals surface area (Å²) in [5, 5.41) is 12.5. The van der Waals surface area contributed by atoms with E-state index in [0.29, 0.717) is 42.8 Å². The number of aryl methyl sites for hydroxylation is 3. The summed E-state index contributed by atoms with van der Waals surface area (Å²) in [6.07, 6.45) is 3.93. The number of hydrogen-bond donors (Lipinski definition) is 2. The highest BCUT2D eigenvalue weighted by Gasteiger charge is 2.42. The summed E-state index contributed by atoms with van der Waals surface area (Å²) in [5.41, 5.74) is 3.64. The smallest absolute Gasteiger partial charge is 0.329 e. The van der Waals surface area contributed by atoms with Gasteiger partial charge in [0.15, 0.2) is 5.82 Å². The fourth-order valence-corrected chi connectivity index (χ4v) is 5.28. The van der Waals surface area contributed by atoms with E-state index in [4.69, 9.17) is 0 Å². The third-order valence-corrected chi connectivity index (χ3v) is 7.43. The van der Waals surface area contributed by atoms with Gasteiger partial charge in [0, 0.05) is 17.7 Å². The largest absolute Gasteiger partial charge is 0.480 e. The van der Waals surface area contributed by atoms with Gasteiger partial charge in [-0.15, -0.1) is 0 Å². The summed E-state index contributed by atoms with van der Waals surface area (Å²) in [5.74, 6) is -1.02. The number of fused-ring (bicyclic) bond motifs is 1. The third-order valence-electron chi connectivity index (χ3n) is 7.43. The third kappa shape index (κ3) is 5.09. The molecule has 0 radical (unpaired) electrons. The van der Waals surface area contributed by atoms with E-state index in [1.165, 1.54) is 0 Å². The van der Waals surface area contributed by atoms with Crippen LogP contribution in [0.15, 0.2) is 72.8 Å². The molecule has 1 heterocycles. The van der Waals surface area contributed by atoms with E-state index in [9.17, 15) is 19.5 Å². The van der Waals surface area contributed by atoms with E-state index in [1.54, 1.807) is 6.07 Å². The maximum Gasteiger partial charge on any atom is 0.329 e. The average molecular weight is 510 g/mol. The van der Waals surface area contributed by atoms with Crippen LogP contribution >= 0.6 is 0 Å². The van der Waals surface area contributed by atoms with Gasteiger partial charge in [-0.05, 0) is 62.4 Å². The summed E-state index contributed by atoms with van der Waals surface area (Å²) >= 11 is 0. The number of aromatic nitrogens is 2. The zero-order valence-electron chi connectivity index (χ0n) is 21.4. The predicted octanol–water partition coefficient (Wildman–Crippen LogP) is 5.34. The summed E-state index contributed by atoms with van der Waals surface area (Å²) < 4.78 is 1.98. The van der Waals surface area contributed by atoms with E-state index in [0.717, 1.165) is 41.4 Å². The van der Waals surface area contributed by atoms with Gasteiger partial charge in [0.05, 0.1) is 11.0 Å². The standard InChI is InChI=1S/C31H31N3O4/c1-21-13-15-23(16-14-21)27(35)28-32-25-11-2-3-12-26(25)34(28)19-7-9-22-8-6-10-24(20-22)29(36)33-31(30(37)38)17-4-5-18-31/h2-3,6,8,10-16,20H,4-5,7,9,17-19H2,1H3,(H,33,36)(H,37,38). The molecule has 2 N–H and O–H groups in total. The first-order valence-electron chi connectivity index (χ1n) is 13.1. The van der Waals surface area contributed by atoms with Crippen molar-refractivity contribution in [2.75, 3.05) is 0 Å². The number of benzene rings is 3. The Kier molecular flexibility index (Phi) is 7.09. The van der Waals surface area contributed by atoms with Crippen LogP contribution < -0.4 is 5.32 Å². The van der Waals surface area contributed by atoms with Crippen LogP contribution in [-0.2, 0) is 17.8 Å². The molecular weight excluding hydrogens is 478 g/mol.